The van der Waals surface area contributed by atoms with Crippen LogP contribution in [0.5, 0.6) is 0 Å². The van der Waals surface area contributed by atoms with Crippen LogP contribution in [0.3, 0.4) is 0 Å². The lowest BCUT2D eigenvalue weighted by Crippen LogP contribution is -2.18. The second-order valence-electron chi connectivity index (χ2n) is 4.91. The molecule has 98 valence electrons. The maximum absolute atomic E-state index is 4.61. The van der Waals surface area contributed by atoms with E-state index in [1.54, 1.807) is 11.3 Å². The number of aromatic nitrogens is 3. The van der Waals surface area contributed by atoms with Gasteiger partial charge in [-0.2, -0.15) is 5.10 Å². The zero-order valence-electron chi connectivity index (χ0n) is 11.2. The Morgan fingerprint density at radius 1 is 1.44 bits per heavy atom. The molecule has 0 bridgehead atoms. The van der Waals surface area contributed by atoms with Gasteiger partial charge in [0.15, 0.2) is 0 Å². The fraction of sp³-hybridized carbons (Fsp3) is 0.538. The Labute approximate surface area is 112 Å². The number of rotatable bonds is 6. The molecular weight excluding hydrogens is 244 g/mol. The summed E-state index contributed by atoms with van der Waals surface area (Å²) in [6, 6.07) is 2.01. The highest BCUT2D eigenvalue weighted by Gasteiger charge is 2.04. The molecule has 0 aliphatic heterocycles. The van der Waals surface area contributed by atoms with E-state index < -0.39 is 0 Å². The Morgan fingerprint density at radius 2 is 2.28 bits per heavy atom. The molecule has 0 fully saturated rings. The summed E-state index contributed by atoms with van der Waals surface area (Å²) in [6.45, 7) is 9.07. The van der Waals surface area contributed by atoms with Crippen molar-refractivity contribution in [1.29, 1.82) is 0 Å². The normalized spacial score (nSPS) is 11.3. The number of hydrogen-bond donors (Lipinski definition) is 1. The van der Waals surface area contributed by atoms with Gasteiger partial charge in [0.1, 0.15) is 5.01 Å². The molecule has 0 saturated heterocycles. The molecule has 2 heterocycles. The summed E-state index contributed by atoms with van der Waals surface area (Å²) >= 11 is 1.71. The molecule has 0 saturated carbocycles. The highest BCUT2D eigenvalue weighted by atomic mass is 32.1. The molecule has 5 heteroatoms. The zero-order chi connectivity index (χ0) is 13.0. The van der Waals surface area contributed by atoms with Gasteiger partial charge in [0.2, 0.25) is 0 Å². The van der Waals surface area contributed by atoms with E-state index in [0.29, 0.717) is 5.92 Å². The molecule has 2 rings (SSSR count). The van der Waals surface area contributed by atoms with Gasteiger partial charge in [-0.1, -0.05) is 13.8 Å². The Kier molecular flexibility index (Phi) is 4.49. The lowest BCUT2D eigenvalue weighted by molar-refractivity contribution is 0.550. The van der Waals surface area contributed by atoms with E-state index in [1.807, 2.05) is 23.9 Å². The van der Waals surface area contributed by atoms with Gasteiger partial charge in [-0.25, -0.2) is 4.98 Å². The third kappa shape index (κ3) is 3.92. The van der Waals surface area contributed by atoms with Crippen LogP contribution in [0.1, 0.15) is 30.2 Å². The zero-order valence-corrected chi connectivity index (χ0v) is 12.0. The molecule has 0 aromatic carbocycles. The van der Waals surface area contributed by atoms with E-state index >= 15 is 0 Å². The summed E-state index contributed by atoms with van der Waals surface area (Å²) in [5.41, 5.74) is 2.13. The smallest absolute Gasteiger partial charge is 0.107 e. The third-order valence-corrected chi connectivity index (χ3v) is 3.42. The monoisotopic (exact) mass is 264 g/mol. The van der Waals surface area contributed by atoms with Crippen molar-refractivity contribution in [2.75, 3.05) is 6.54 Å². The maximum Gasteiger partial charge on any atom is 0.107 e. The van der Waals surface area contributed by atoms with Crippen LogP contribution >= 0.6 is 11.3 Å². The van der Waals surface area contributed by atoms with Crippen LogP contribution in [0.15, 0.2) is 17.6 Å². The molecule has 1 N–H and O–H groups in total. The first-order valence-electron chi connectivity index (χ1n) is 6.27. The maximum atomic E-state index is 4.61. The van der Waals surface area contributed by atoms with Gasteiger partial charge in [0, 0.05) is 18.1 Å². The van der Waals surface area contributed by atoms with Crippen molar-refractivity contribution in [2.24, 2.45) is 5.92 Å². The predicted molar refractivity (Wildman–Crippen MR) is 74.7 cm³/mol. The summed E-state index contributed by atoms with van der Waals surface area (Å²) in [5.74, 6) is 0.677. The third-order valence-electron chi connectivity index (χ3n) is 2.53. The van der Waals surface area contributed by atoms with Crippen LogP contribution in [-0.2, 0) is 13.1 Å². The van der Waals surface area contributed by atoms with E-state index in [4.69, 9.17) is 0 Å². The number of aryl methyl sites for hydroxylation is 1. The first kappa shape index (κ1) is 13.2. The highest BCUT2D eigenvalue weighted by molar-refractivity contribution is 7.09. The minimum atomic E-state index is 0.677. The minimum absolute atomic E-state index is 0.677. The van der Waals surface area contributed by atoms with Crippen LogP contribution < -0.4 is 5.32 Å². The second-order valence-corrected chi connectivity index (χ2v) is 5.85. The Balaban J connectivity index is 1.86. The van der Waals surface area contributed by atoms with Gasteiger partial charge >= 0.3 is 0 Å². The standard InChI is InChI=1S/C13H20N4S/c1-10(2)6-14-7-13-15-12(9-18-13)8-17-5-4-11(3)16-17/h4-5,9-10,14H,6-8H2,1-3H3. The van der Waals surface area contributed by atoms with Crippen molar-refractivity contribution in [3.8, 4) is 0 Å². The van der Waals surface area contributed by atoms with Crippen molar-refractivity contribution in [3.05, 3.63) is 34.0 Å². The van der Waals surface area contributed by atoms with E-state index in [0.717, 1.165) is 36.0 Å². The summed E-state index contributed by atoms with van der Waals surface area (Å²) in [4.78, 5) is 4.61. The number of hydrogen-bond acceptors (Lipinski definition) is 4. The van der Waals surface area contributed by atoms with Crippen LogP contribution in [0.25, 0.3) is 0 Å². The molecule has 0 aliphatic rings. The molecule has 0 unspecified atom stereocenters. The van der Waals surface area contributed by atoms with Crippen molar-refractivity contribution >= 4 is 11.3 Å². The van der Waals surface area contributed by atoms with E-state index in [-0.39, 0.29) is 0 Å². The highest BCUT2D eigenvalue weighted by Crippen LogP contribution is 2.11. The van der Waals surface area contributed by atoms with Crippen LogP contribution in [0, 0.1) is 12.8 Å². The van der Waals surface area contributed by atoms with E-state index in [1.165, 1.54) is 0 Å². The molecule has 2 aromatic heterocycles. The molecule has 18 heavy (non-hydrogen) atoms. The Bertz CT molecular complexity index is 487. The lowest BCUT2D eigenvalue weighted by atomic mass is 10.2. The summed E-state index contributed by atoms with van der Waals surface area (Å²) in [6.07, 6.45) is 1.99. The molecule has 0 atom stereocenters. The van der Waals surface area contributed by atoms with Gasteiger partial charge in [0.25, 0.3) is 0 Å². The van der Waals surface area contributed by atoms with Crippen LogP contribution in [-0.4, -0.2) is 21.3 Å². The largest absolute Gasteiger partial charge is 0.310 e. The summed E-state index contributed by atoms with van der Waals surface area (Å²) in [7, 11) is 0. The minimum Gasteiger partial charge on any atom is -0.310 e. The van der Waals surface area contributed by atoms with Crippen LogP contribution in [0.2, 0.25) is 0 Å². The Hall–Kier alpha value is -1.20. The van der Waals surface area contributed by atoms with Gasteiger partial charge in [-0.15, -0.1) is 11.3 Å². The van der Waals surface area contributed by atoms with E-state index in [2.05, 4.69) is 34.6 Å². The molecule has 4 nitrogen and oxygen atoms in total. The lowest BCUT2D eigenvalue weighted by Gasteiger charge is -2.04. The molecule has 0 radical (unpaired) electrons. The van der Waals surface area contributed by atoms with E-state index in [9.17, 15) is 0 Å². The van der Waals surface area contributed by atoms with Crippen LogP contribution in [0.4, 0.5) is 0 Å². The predicted octanol–water partition coefficient (Wildman–Crippen LogP) is 2.44. The van der Waals surface area contributed by atoms with Crippen molar-refractivity contribution < 1.29 is 0 Å². The molecule has 0 amide bonds. The summed E-state index contributed by atoms with van der Waals surface area (Å²) in [5, 5.41) is 11.0. The number of nitrogens with zero attached hydrogens (tertiary/aromatic N) is 3. The molecule has 0 spiro atoms. The quantitative estimate of drug-likeness (QED) is 0.871. The molecule has 2 aromatic rings. The SMILES string of the molecule is Cc1ccn(Cc2csc(CNCC(C)C)n2)n1. The fourth-order valence-corrected chi connectivity index (χ4v) is 2.44. The molecule has 0 aliphatic carbocycles. The van der Waals surface area contributed by atoms with Crippen molar-refractivity contribution in [2.45, 2.75) is 33.9 Å². The van der Waals surface area contributed by atoms with Crippen molar-refractivity contribution in [3.63, 3.8) is 0 Å². The first-order chi connectivity index (χ1) is 8.63. The van der Waals surface area contributed by atoms with Gasteiger partial charge in [0.05, 0.1) is 17.9 Å². The molecular formula is C13H20N4S. The topological polar surface area (TPSA) is 42.7 Å². The number of thiazole rings is 1. The number of nitrogens with one attached hydrogen (secondary N) is 1. The van der Waals surface area contributed by atoms with Gasteiger partial charge in [-0.3, -0.25) is 4.68 Å². The van der Waals surface area contributed by atoms with Gasteiger partial charge in [-0.05, 0) is 25.5 Å². The van der Waals surface area contributed by atoms with Crippen molar-refractivity contribution in [1.82, 2.24) is 20.1 Å². The average Bonchev–Trinajstić information content (AvgIpc) is 2.89. The fourth-order valence-electron chi connectivity index (χ4n) is 1.69. The van der Waals surface area contributed by atoms with Gasteiger partial charge < -0.3 is 5.32 Å². The second kappa shape index (κ2) is 6.11. The Morgan fingerprint density at radius 3 is 2.94 bits per heavy atom. The first-order valence-corrected chi connectivity index (χ1v) is 7.15. The average molecular weight is 264 g/mol. The summed E-state index contributed by atoms with van der Waals surface area (Å²) < 4.78 is 1.93.